The first kappa shape index (κ1) is 13.1. The number of amides is 1. The number of aromatic nitrogens is 1. The highest BCUT2D eigenvalue weighted by molar-refractivity contribution is 5.93. The highest BCUT2D eigenvalue weighted by Crippen LogP contribution is 2.07. The van der Waals surface area contributed by atoms with E-state index in [2.05, 4.69) is 10.3 Å². The zero-order chi connectivity index (χ0) is 12.8. The normalized spacial score (nSPS) is 10.3. The van der Waals surface area contributed by atoms with Crippen molar-refractivity contribution < 1.29 is 19.4 Å². The van der Waals surface area contributed by atoms with Crippen LogP contribution in [-0.2, 0) is 9.53 Å². The molecule has 0 aliphatic carbocycles. The number of carbonyl (C=O) groups excluding carboxylic acids is 1. The molecule has 0 atom stereocenters. The largest absolute Gasteiger partial charge is 0.477 e. The van der Waals surface area contributed by atoms with E-state index in [1.807, 2.05) is 13.8 Å². The molecule has 0 bridgehead atoms. The van der Waals surface area contributed by atoms with E-state index in [-0.39, 0.29) is 24.3 Å². The van der Waals surface area contributed by atoms with Crippen LogP contribution in [0, 0.1) is 0 Å². The van der Waals surface area contributed by atoms with Crippen molar-refractivity contribution in [3.63, 3.8) is 0 Å². The van der Waals surface area contributed by atoms with Gasteiger partial charge in [-0.05, 0) is 26.0 Å². The Morgan fingerprint density at radius 3 is 2.82 bits per heavy atom. The number of pyridine rings is 1. The van der Waals surface area contributed by atoms with Gasteiger partial charge in [-0.3, -0.25) is 4.79 Å². The van der Waals surface area contributed by atoms with Gasteiger partial charge in [0.15, 0.2) is 0 Å². The molecule has 0 fully saturated rings. The van der Waals surface area contributed by atoms with Crippen molar-refractivity contribution in [3.8, 4) is 0 Å². The minimum Gasteiger partial charge on any atom is -0.477 e. The van der Waals surface area contributed by atoms with E-state index in [0.29, 0.717) is 5.69 Å². The summed E-state index contributed by atoms with van der Waals surface area (Å²) in [5, 5.41) is 11.2. The Balaban J connectivity index is 2.59. The summed E-state index contributed by atoms with van der Waals surface area (Å²) in [7, 11) is 0. The molecule has 6 nitrogen and oxygen atoms in total. The maximum absolute atomic E-state index is 11.4. The molecule has 1 aromatic heterocycles. The Morgan fingerprint density at radius 2 is 2.24 bits per heavy atom. The van der Waals surface area contributed by atoms with Crippen molar-refractivity contribution in [2.45, 2.75) is 20.0 Å². The quantitative estimate of drug-likeness (QED) is 0.803. The molecule has 0 saturated heterocycles. The molecule has 1 aromatic rings. The van der Waals surface area contributed by atoms with Gasteiger partial charge in [0.1, 0.15) is 12.3 Å². The third kappa shape index (κ3) is 4.60. The molecule has 92 valence electrons. The fraction of sp³-hybridized carbons (Fsp3) is 0.364. The molecule has 2 N–H and O–H groups in total. The van der Waals surface area contributed by atoms with E-state index >= 15 is 0 Å². The number of hydrogen-bond donors (Lipinski definition) is 2. The Labute approximate surface area is 98.6 Å². The lowest BCUT2D eigenvalue weighted by atomic mass is 10.3. The number of carboxylic acids is 1. The first-order valence-corrected chi connectivity index (χ1v) is 5.10. The molecule has 1 heterocycles. The first-order chi connectivity index (χ1) is 7.99. The number of anilines is 1. The summed E-state index contributed by atoms with van der Waals surface area (Å²) in [6.45, 7) is 3.58. The van der Waals surface area contributed by atoms with Gasteiger partial charge in [-0.1, -0.05) is 0 Å². The highest BCUT2D eigenvalue weighted by atomic mass is 16.5. The summed E-state index contributed by atoms with van der Waals surface area (Å²) < 4.78 is 5.11. The monoisotopic (exact) mass is 238 g/mol. The first-order valence-electron chi connectivity index (χ1n) is 5.10. The van der Waals surface area contributed by atoms with Gasteiger partial charge in [0.2, 0.25) is 5.91 Å². The van der Waals surface area contributed by atoms with E-state index in [0.717, 1.165) is 0 Å². The van der Waals surface area contributed by atoms with Crippen LogP contribution in [0.15, 0.2) is 18.3 Å². The van der Waals surface area contributed by atoms with Crippen LogP contribution in [0.3, 0.4) is 0 Å². The van der Waals surface area contributed by atoms with Crippen LogP contribution >= 0.6 is 0 Å². The Hall–Kier alpha value is -1.95. The van der Waals surface area contributed by atoms with Gasteiger partial charge >= 0.3 is 5.97 Å². The average Bonchev–Trinajstić information content (AvgIpc) is 2.26. The standard InChI is InChI=1S/C11H14N2O4/c1-7(2)17-6-10(14)13-8-3-4-12-9(5-8)11(15)16/h3-5,7H,6H2,1-2H3,(H,15,16)(H,12,13,14). The number of aromatic carboxylic acids is 1. The zero-order valence-corrected chi connectivity index (χ0v) is 9.64. The number of nitrogens with zero attached hydrogens (tertiary/aromatic N) is 1. The maximum Gasteiger partial charge on any atom is 0.354 e. The van der Waals surface area contributed by atoms with Crippen LogP contribution in [0.25, 0.3) is 0 Å². The van der Waals surface area contributed by atoms with Crippen molar-refractivity contribution in [2.75, 3.05) is 11.9 Å². The second-order valence-corrected chi connectivity index (χ2v) is 3.64. The smallest absolute Gasteiger partial charge is 0.354 e. The summed E-state index contributed by atoms with van der Waals surface area (Å²) >= 11 is 0. The highest BCUT2D eigenvalue weighted by Gasteiger charge is 2.08. The van der Waals surface area contributed by atoms with Crippen molar-refractivity contribution in [1.82, 2.24) is 4.98 Å². The molecule has 0 aromatic carbocycles. The summed E-state index contributed by atoms with van der Waals surface area (Å²) in [6, 6.07) is 2.80. The molecule has 0 unspecified atom stereocenters. The second kappa shape index (κ2) is 5.95. The SMILES string of the molecule is CC(C)OCC(=O)Nc1ccnc(C(=O)O)c1. The van der Waals surface area contributed by atoms with Crippen LogP contribution in [0.4, 0.5) is 5.69 Å². The summed E-state index contributed by atoms with van der Waals surface area (Å²) in [5.41, 5.74) is 0.266. The van der Waals surface area contributed by atoms with E-state index in [4.69, 9.17) is 9.84 Å². The van der Waals surface area contributed by atoms with Gasteiger partial charge in [-0.25, -0.2) is 9.78 Å². The van der Waals surface area contributed by atoms with Gasteiger partial charge < -0.3 is 15.2 Å². The van der Waals surface area contributed by atoms with Crippen molar-refractivity contribution in [1.29, 1.82) is 0 Å². The fourth-order valence-electron chi connectivity index (χ4n) is 1.06. The van der Waals surface area contributed by atoms with Crippen LogP contribution in [0.2, 0.25) is 0 Å². The molecular weight excluding hydrogens is 224 g/mol. The summed E-state index contributed by atoms with van der Waals surface area (Å²) in [5.74, 6) is -1.47. The molecule has 17 heavy (non-hydrogen) atoms. The number of nitrogens with one attached hydrogen (secondary N) is 1. The Kier molecular flexibility index (Phi) is 4.59. The second-order valence-electron chi connectivity index (χ2n) is 3.64. The van der Waals surface area contributed by atoms with Crippen LogP contribution < -0.4 is 5.32 Å². The van der Waals surface area contributed by atoms with Crippen molar-refractivity contribution in [3.05, 3.63) is 24.0 Å². The lowest BCUT2D eigenvalue weighted by Gasteiger charge is -2.08. The molecule has 1 amide bonds. The van der Waals surface area contributed by atoms with Gasteiger partial charge in [0.25, 0.3) is 0 Å². The third-order valence-corrected chi connectivity index (χ3v) is 1.81. The zero-order valence-electron chi connectivity index (χ0n) is 9.64. The van der Waals surface area contributed by atoms with Crippen LogP contribution in [0.5, 0.6) is 0 Å². The van der Waals surface area contributed by atoms with Crippen molar-refractivity contribution in [2.24, 2.45) is 0 Å². The van der Waals surface area contributed by atoms with Gasteiger partial charge in [-0.15, -0.1) is 0 Å². The van der Waals surface area contributed by atoms with Gasteiger partial charge in [0, 0.05) is 11.9 Å². The number of carboxylic acid groups (broad SMARTS) is 1. The summed E-state index contributed by atoms with van der Waals surface area (Å²) in [4.78, 5) is 25.7. The molecule has 6 heteroatoms. The van der Waals surface area contributed by atoms with Gasteiger partial charge in [0.05, 0.1) is 6.10 Å². The third-order valence-electron chi connectivity index (χ3n) is 1.81. The topological polar surface area (TPSA) is 88.5 Å². The van der Waals surface area contributed by atoms with Crippen molar-refractivity contribution >= 4 is 17.6 Å². The Morgan fingerprint density at radius 1 is 1.53 bits per heavy atom. The molecular formula is C11H14N2O4. The molecule has 0 radical (unpaired) electrons. The lowest BCUT2D eigenvalue weighted by Crippen LogP contribution is -2.20. The van der Waals surface area contributed by atoms with E-state index in [1.54, 1.807) is 0 Å². The minimum absolute atomic E-state index is 0.0345. The number of hydrogen-bond acceptors (Lipinski definition) is 4. The molecule has 0 saturated carbocycles. The molecule has 0 aliphatic rings. The average molecular weight is 238 g/mol. The Bertz CT molecular complexity index is 418. The minimum atomic E-state index is -1.14. The van der Waals surface area contributed by atoms with Crippen LogP contribution in [-0.4, -0.2) is 34.7 Å². The molecule has 0 spiro atoms. The van der Waals surface area contributed by atoms with E-state index in [1.165, 1.54) is 18.3 Å². The summed E-state index contributed by atoms with van der Waals surface area (Å²) in [6.07, 6.45) is 1.29. The van der Waals surface area contributed by atoms with Crippen LogP contribution in [0.1, 0.15) is 24.3 Å². The number of rotatable bonds is 5. The van der Waals surface area contributed by atoms with Gasteiger partial charge in [-0.2, -0.15) is 0 Å². The molecule has 1 rings (SSSR count). The predicted molar refractivity (Wildman–Crippen MR) is 60.9 cm³/mol. The van der Waals surface area contributed by atoms with E-state index in [9.17, 15) is 9.59 Å². The number of ether oxygens (including phenoxy) is 1. The molecule has 0 aliphatic heterocycles. The fourth-order valence-corrected chi connectivity index (χ4v) is 1.06. The lowest BCUT2D eigenvalue weighted by molar-refractivity contribution is -0.121. The maximum atomic E-state index is 11.4. The van der Waals surface area contributed by atoms with E-state index < -0.39 is 5.97 Å². The predicted octanol–water partition coefficient (Wildman–Crippen LogP) is 1.14. The number of carbonyl (C=O) groups is 2.